The lowest BCUT2D eigenvalue weighted by Gasteiger charge is -2.19. The van der Waals surface area contributed by atoms with Crippen LogP contribution in [0.3, 0.4) is 0 Å². The molecular formula is C16H16Cl2N2O3S. The third-order valence-electron chi connectivity index (χ3n) is 3.42. The van der Waals surface area contributed by atoms with Gasteiger partial charge in [-0.15, -0.1) is 0 Å². The number of aryl methyl sites for hydroxylation is 1. The van der Waals surface area contributed by atoms with E-state index in [1.165, 1.54) is 11.4 Å². The number of carbonyl (C=O) groups excluding carboxylic acids is 1. The van der Waals surface area contributed by atoms with Gasteiger partial charge in [0.1, 0.15) is 0 Å². The largest absolute Gasteiger partial charge is 0.322 e. The van der Waals surface area contributed by atoms with Gasteiger partial charge in [-0.1, -0.05) is 23.2 Å². The van der Waals surface area contributed by atoms with Crippen LogP contribution in [-0.4, -0.2) is 27.6 Å². The molecule has 0 unspecified atom stereocenters. The van der Waals surface area contributed by atoms with Crippen molar-refractivity contribution in [2.45, 2.75) is 6.92 Å². The maximum Gasteiger partial charge on any atom is 0.255 e. The first kappa shape index (κ1) is 18.6. The first-order valence-electron chi connectivity index (χ1n) is 6.90. The highest BCUT2D eigenvalue weighted by atomic mass is 35.5. The molecule has 1 N–H and O–H groups in total. The van der Waals surface area contributed by atoms with Crippen molar-refractivity contribution in [3.8, 4) is 0 Å². The minimum Gasteiger partial charge on any atom is -0.322 e. The Morgan fingerprint density at radius 1 is 1.08 bits per heavy atom. The number of carbonyl (C=O) groups is 1. The number of anilines is 2. The summed E-state index contributed by atoms with van der Waals surface area (Å²) in [6.07, 6.45) is 1.12. The second-order valence-corrected chi connectivity index (χ2v) is 8.23. The maximum atomic E-state index is 12.3. The van der Waals surface area contributed by atoms with Crippen LogP contribution in [-0.2, 0) is 10.0 Å². The molecule has 0 atom stereocenters. The number of sulfonamides is 1. The van der Waals surface area contributed by atoms with Gasteiger partial charge in [-0.05, 0) is 48.9 Å². The molecule has 0 fully saturated rings. The Kier molecular flexibility index (Phi) is 5.42. The van der Waals surface area contributed by atoms with E-state index >= 15 is 0 Å². The van der Waals surface area contributed by atoms with Crippen molar-refractivity contribution >= 4 is 50.5 Å². The third-order valence-corrected chi connectivity index (χ3v) is 5.04. The number of hydrogen-bond donors (Lipinski definition) is 1. The summed E-state index contributed by atoms with van der Waals surface area (Å²) in [5.74, 6) is -0.343. The van der Waals surface area contributed by atoms with Gasteiger partial charge in [0.25, 0.3) is 5.91 Å². The molecule has 2 aromatic carbocycles. The van der Waals surface area contributed by atoms with Crippen LogP contribution in [0, 0.1) is 6.92 Å². The van der Waals surface area contributed by atoms with Gasteiger partial charge in [-0.25, -0.2) is 8.42 Å². The zero-order chi connectivity index (χ0) is 18.1. The topological polar surface area (TPSA) is 66.5 Å². The smallest absolute Gasteiger partial charge is 0.255 e. The fraction of sp³-hybridized carbons (Fsp3) is 0.188. The summed E-state index contributed by atoms with van der Waals surface area (Å²) in [5.41, 5.74) is 2.06. The molecule has 0 aliphatic rings. The molecule has 2 aromatic rings. The second kappa shape index (κ2) is 7.01. The summed E-state index contributed by atoms with van der Waals surface area (Å²) in [5, 5.41) is 3.54. The van der Waals surface area contributed by atoms with Crippen LogP contribution in [0.1, 0.15) is 15.9 Å². The maximum absolute atomic E-state index is 12.3. The number of rotatable bonds is 4. The standard InChI is InChI=1S/C16H16Cl2N2O3S/c1-10-6-11(4-5-15(10)20(2)24(3,22)23)16(21)19-14-8-12(17)7-13(18)9-14/h4-9H,1-3H3,(H,19,21). The lowest BCUT2D eigenvalue weighted by molar-refractivity contribution is 0.102. The monoisotopic (exact) mass is 386 g/mol. The normalized spacial score (nSPS) is 11.2. The Morgan fingerprint density at radius 3 is 2.17 bits per heavy atom. The van der Waals surface area contributed by atoms with Crippen molar-refractivity contribution in [1.82, 2.24) is 0 Å². The average molecular weight is 387 g/mol. The molecule has 0 bridgehead atoms. The average Bonchev–Trinajstić information content (AvgIpc) is 2.44. The minimum absolute atomic E-state index is 0.343. The summed E-state index contributed by atoms with van der Waals surface area (Å²) < 4.78 is 24.4. The molecule has 0 heterocycles. The molecule has 128 valence electrons. The number of nitrogens with zero attached hydrogens (tertiary/aromatic N) is 1. The molecule has 24 heavy (non-hydrogen) atoms. The summed E-state index contributed by atoms with van der Waals surface area (Å²) in [6, 6.07) is 9.52. The molecule has 5 nitrogen and oxygen atoms in total. The quantitative estimate of drug-likeness (QED) is 0.864. The number of hydrogen-bond acceptors (Lipinski definition) is 3. The van der Waals surface area contributed by atoms with Crippen molar-refractivity contribution in [2.75, 3.05) is 22.9 Å². The molecule has 1 amide bonds. The first-order valence-corrected chi connectivity index (χ1v) is 9.50. The molecular weight excluding hydrogens is 371 g/mol. The molecule has 8 heteroatoms. The van der Waals surface area contributed by atoms with Crippen LogP contribution < -0.4 is 9.62 Å². The van der Waals surface area contributed by atoms with Gasteiger partial charge < -0.3 is 5.32 Å². The summed E-state index contributed by atoms with van der Waals surface area (Å²) >= 11 is 11.8. The van der Waals surface area contributed by atoms with E-state index in [9.17, 15) is 13.2 Å². The molecule has 2 rings (SSSR count). The lowest BCUT2D eigenvalue weighted by atomic mass is 10.1. The van der Waals surface area contributed by atoms with Crippen LogP contribution in [0.25, 0.3) is 0 Å². The SMILES string of the molecule is Cc1cc(C(=O)Nc2cc(Cl)cc(Cl)c2)ccc1N(C)S(C)(=O)=O. The molecule has 0 spiro atoms. The van der Waals surface area contributed by atoms with Gasteiger partial charge >= 0.3 is 0 Å². The highest BCUT2D eigenvalue weighted by Gasteiger charge is 2.16. The number of nitrogens with one attached hydrogen (secondary N) is 1. The van der Waals surface area contributed by atoms with Gasteiger partial charge in [-0.2, -0.15) is 0 Å². The highest BCUT2D eigenvalue weighted by Crippen LogP contribution is 2.25. The lowest BCUT2D eigenvalue weighted by Crippen LogP contribution is -2.25. The highest BCUT2D eigenvalue weighted by molar-refractivity contribution is 7.92. The van der Waals surface area contributed by atoms with Crippen LogP contribution in [0.15, 0.2) is 36.4 Å². The summed E-state index contributed by atoms with van der Waals surface area (Å²) in [4.78, 5) is 12.3. The zero-order valence-electron chi connectivity index (χ0n) is 13.3. The van der Waals surface area contributed by atoms with Crippen molar-refractivity contribution in [1.29, 1.82) is 0 Å². The van der Waals surface area contributed by atoms with Crippen LogP contribution in [0.2, 0.25) is 10.0 Å². The van der Waals surface area contributed by atoms with E-state index in [1.54, 1.807) is 43.3 Å². The molecule has 0 saturated carbocycles. The molecule has 0 aromatic heterocycles. The number of halogens is 2. The first-order chi connectivity index (χ1) is 11.1. The van der Waals surface area contributed by atoms with E-state index < -0.39 is 10.0 Å². The van der Waals surface area contributed by atoms with Gasteiger partial charge in [0, 0.05) is 28.3 Å². The predicted molar refractivity (Wildman–Crippen MR) is 98.8 cm³/mol. The van der Waals surface area contributed by atoms with Crippen molar-refractivity contribution in [3.05, 3.63) is 57.6 Å². The molecule has 0 radical (unpaired) electrons. The Morgan fingerprint density at radius 2 is 1.67 bits per heavy atom. The molecule has 0 aliphatic carbocycles. The van der Waals surface area contributed by atoms with Crippen LogP contribution >= 0.6 is 23.2 Å². The number of benzene rings is 2. The fourth-order valence-electron chi connectivity index (χ4n) is 2.16. The van der Waals surface area contributed by atoms with E-state index in [4.69, 9.17) is 23.2 Å². The Balaban J connectivity index is 2.26. The number of amides is 1. The Labute approximate surface area is 151 Å². The van der Waals surface area contributed by atoms with Crippen molar-refractivity contribution in [2.24, 2.45) is 0 Å². The summed E-state index contributed by atoms with van der Waals surface area (Å²) in [6.45, 7) is 1.74. The van der Waals surface area contributed by atoms with Gasteiger partial charge in [0.05, 0.1) is 11.9 Å². The zero-order valence-corrected chi connectivity index (χ0v) is 15.6. The Bertz CT molecular complexity index is 878. The minimum atomic E-state index is -3.37. The van der Waals surface area contributed by atoms with Crippen LogP contribution in [0.4, 0.5) is 11.4 Å². The van der Waals surface area contributed by atoms with Gasteiger partial charge in [0.2, 0.25) is 10.0 Å². The van der Waals surface area contributed by atoms with E-state index in [0.29, 0.717) is 32.5 Å². The van der Waals surface area contributed by atoms with Gasteiger partial charge in [0.15, 0.2) is 0 Å². The Hall–Kier alpha value is -1.76. The van der Waals surface area contributed by atoms with Crippen LogP contribution in [0.5, 0.6) is 0 Å². The van der Waals surface area contributed by atoms with Gasteiger partial charge in [-0.3, -0.25) is 9.10 Å². The van der Waals surface area contributed by atoms with Crippen molar-refractivity contribution < 1.29 is 13.2 Å². The van der Waals surface area contributed by atoms with E-state index in [2.05, 4.69) is 5.32 Å². The van der Waals surface area contributed by atoms with E-state index in [-0.39, 0.29) is 5.91 Å². The molecule has 0 aliphatic heterocycles. The van der Waals surface area contributed by atoms with Crippen molar-refractivity contribution in [3.63, 3.8) is 0 Å². The third kappa shape index (κ3) is 4.41. The van der Waals surface area contributed by atoms with E-state index in [1.807, 2.05) is 0 Å². The van der Waals surface area contributed by atoms with E-state index in [0.717, 1.165) is 6.26 Å². The molecule has 0 saturated heterocycles. The second-order valence-electron chi connectivity index (χ2n) is 5.34. The predicted octanol–water partition coefficient (Wildman–Crippen LogP) is 3.95. The fourth-order valence-corrected chi connectivity index (χ4v) is 3.25. The summed E-state index contributed by atoms with van der Waals surface area (Å²) in [7, 11) is -1.90.